The van der Waals surface area contributed by atoms with Gasteiger partial charge in [-0.1, -0.05) is 12.1 Å². The summed E-state index contributed by atoms with van der Waals surface area (Å²) >= 11 is 0. The van der Waals surface area contributed by atoms with Crippen LogP contribution in [-0.2, 0) is 27.4 Å². The number of sulfone groups is 1. The molecule has 0 spiro atoms. The van der Waals surface area contributed by atoms with E-state index in [0.29, 0.717) is 19.4 Å². The molecule has 0 amide bonds. The second kappa shape index (κ2) is 9.01. The van der Waals surface area contributed by atoms with Crippen LogP contribution in [0.5, 0.6) is 5.75 Å². The van der Waals surface area contributed by atoms with Gasteiger partial charge in [0.05, 0.1) is 31.3 Å². The first-order chi connectivity index (χ1) is 10.9. The topological polar surface area (TPSA) is 98.9 Å². The quantitative estimate of drug-likeness (QED) is 0.750. The van der Waals surface area contributed by atoms with E-state index >= 15 is 0 Å². The van der Waals surface area contributed by atoms with Crippen molar-refractivity contribution in [1.82, 2.24) is 0 Å². The van der Waals surface area contributed by atoms with Crippen LogP contribution < -0.4 is 10.5 Å². The summed E-state index contributed by atoms with van der Waals surface area (Å²) in [7, 11) is 0.0518. The standard InChI is InChI=1S/C16H25NO5S.ClH/c1-21-6-5-12-7-11(3-4-15(12)22-2)8-13-9-23(19,20)10-14(17)16(13)18;/h3-4,7,13-14,16,18H,5-6,8-10,17H2,1-2H3;1H/t13-,14+,16+;/m1./s1. The van der Waals surface area contributed by atoms with Gasteiger partial charge in [-0.25, -0.2) is 8.42 Å². The average molecular weight is 380 g/mol. The van der Waals surface area contributed by atoms with Crippen LogP contribution in [0.2, 0.25) is 0 Å². The highest BCUT2D eigenvalue weighted by Gasteiger charge is 2.37. The summed E-state index contributed by atoms with van der Waals surface area (Å²) < 4.78 is 34.2. The Balaban J connectivity index is 0.00000288. The minimum Gasteiger partial charge on any atom is -0.496 e. The molecule has 1 aliphatic rings. The van der Waals surface area contributed by atoms with Crippen LogP contribution in [-0.4, -0.2) is 58.0 Å². The lowest BCUT2D eigenvalue weighted by Crippen LogP contribution is -2.52. The fraction of sp³-hybridized carbons (Fsp3) is 0.625. The number of benzene rings is 1. The number of halogens is 1. The smallest absolute Gasteiger partial charge is 0.152 e. The number of methoxy groups -OCH3 is 2. The molecule has 2 rings (SSSR count). The van der Waals surface area contributed by atoms with Crippen LogP contribution in [0, 0.1) is 5.92 Å². The maximum Gasteiger partial charge on any atom is 0.152 e. The molecule has 0 aliphatic carbocycles. The number of aliphatic hydroxyl groups excluding tert-OH is 1. The van der Waals surface area contributed by atoms with E-state index in [1.165, 1.54) is 0 Å². The summed E-state index contributed by atoms with van der Waals surface area (Å²) in [4.78, 5) is 0. The van der Waals surface area contributed by atoms with E-state index in [2.05, 4.69) is 0 Å². The van der Waals surface area contributed by atoms with Crippen LogP contribution in [0.15, 0.2) is 18.2 Å². The molecule has 3 atom stereocenters. The number of rotatable bonds is 6. The minimum absolute atomic E-state index is 0. The van der Waals surface area contributed by atoms with E-state index in [-0.39, 0.29) is 29.8 Å². The Morgan fingerprint density at radius 1 is 1.29 bits per heavy atom. The van der Waals surface area contributed by atoms with Gasteiger partial charge in [0.15, 0.2) is 9.84 Å². The largest absolute Gasteiger partial charge is 0.496 e. The molecule has 1 aromatic carbocycles. The van der Waals surface area contributed by atoms with Crippen LogP contribution in [0.3, 0.4) is 0 Å². The summed E-state index contributed by atoms with van der Waals surface area (Å²) in [5.74, 6) is 0.222. The molecular formula is C16H26ClNO5S. The number of aliphatic hydroxyl groups is 1. The Morgan fingerprint density at radius 3 is 2.62 bits per heavy atom. The van der Waals surface area contributed by atoms with E-state index < -0.39 is 22.0 Å². The van der Waals surface area contributed by atoms with Gasteiger partial charge >= 0.3 is 0 Å². The van der Waals surface area contributed by atoms with Gasteiger partial charge in [0.25, 0.3) is 0 Å². The maximum absolute atomic E-state index is 11.9. The molecule has 0 aromatic heterocycles. The molecule has 1 aliphatic heterocycles. The predicted octanol–water partition coefficient (Wildman–Crippen LogP) is 0.581. The molecule has 8 heteroatoms. The van der Waals surface area contributed by atoms with E-state index in [1.54, 1.807) is 14.2 Å². The lowest BCUT2D eigenvalue weighted by Gasteiger charge is -2.32. The van der Waals surface area contributed by atoms with Crippen molar-refractivity contribution in [2.24, 2.45) is 11.7 Å². The fourth-order valence-corrected chi connectivity index (χ4v) is 4.97. The van der Waals surface area contributed by atoms with Gasteiger partial charge in [0.1, 0.15) is 5.75 Å². The van der Waals surface area contributed by atoms with Crippen molar-refractivity contribution in [3.05, 3.63) is 29.3 Å². The third-order valence-corrected chi connectivity index (χ3v) is 6.08. The van der Waals surface area contributed by atoms with Gasteiger partial charge in [0.2, 0.25) is 0 Å². The Morgan fingerprint density at radius 2 is 2.00 bits per heavy atom. The average Bonchev–Trinajstić information content (AvgIpc) is 2.49. The van der Waals surface area contributed by atoms with Crippen molar-refractivity contribution in [3.8, 4) is 5.75 Å². The second-order valence-corrected chi connectivity index (χ2v) is 8.24. The number of nitrogens with two attached hydrogens (primary N) is 1. The van der Waals surface area contributed by atoms with Gasteiger partial charge in [-0.3, -0.25) is 0 Å². The first-order valence-corrected chi connectivity index (χ1v) is 9.47. The minimum atomic E-state index is -3.20. The Labute approximate surface area is 149 Å². The first-order valence-electron chi connectivity index (χ1n) is 7.65. The molecule has 0 radical (unpaired) electrons. The van der Waals surface area contributed by atoms with Gasteiger partial charge in [0, 0.05) is 19.1 Å². The van der Waals surface area contributed by atoms with Gasteiger partial charge in [-0.15, -0.1) is 12.4 Å². The molecule has 6 nitrogen and oxygen atoms in total. The zero-order valence-electron chi connectivity index (χ0n) is 14.0. The molecule has 24 heavy (non-hydrogen) atoms. The van der Waals surface area contributed by atoms with Crippen molar-refractivity contribution in [3.63, 3.8) is 0 Å². The Hall–Kier alpha value is -0.860. The van der Waals surface area contributed by atoms with Crippen LogP contribution in [0.4, 0.5) is 0 Å². The van der Waals surface area contributed by atoms with E-state index in [0.717, 1.165) is 16.9 Å². The summed E-state index contributed by atoms with van der Waals surface area (Å²) in [6.07, 6.45) is 0.374. The Kier molecular flexibility index (Phi) is 7.95. The van der Waals surface area contributed by atoms with Crippen LogP contribution in [0.1, 0.15) is 11.1 Å². The predicted molar refractivity (Wildman–Crippen MR) is 95.7 cm³/mol. The van der Waals surface area contributed by atoms with Gasteiger partial charge in [-0.2, -0.15) is 0 Å². The van der Waals surface area contributed by atoms with Crippen molar-refractivity contribution in [2.45, 2.75) is 25.0 Å². The Bertz CT molecular complexity index is 637. The monoisotopic (exact) mass is 379 g/mol. The van der Waals surface area contributed by atoms with Gasteiger partial charge in [-0.05, 0) is 30.0 Å². The number of ether oxygens (including phenoxy) is 2. The molecule has 138 valence electrons. The third kappa shape index (κ3) is 5.32. The molecule has 1 heterocycles. The normalized spacial score (nSPS) is 25.8. The lowest BCUT2D eigenvalue weighted by molar-refractivity contribution is 0.0923. The summed E-state index contributed by atoms with van der Waals surface area (Å²) in [6, 6.07) is 5.03. The molecule has 1 fully saturated rings. The molecule has 0 unspecified atom stereocenters. The van der Waals surface area contributed by atoms with Crippen molar-refractivity contribution >= 4 is 22.2 Å². The highest BCUT2D eigenvalue weighted by molar-refractivity contribution is 7.91. The zero-order chi connectivity index (χ0) is 17.0. The third-order valence-electron chi connectivity index (χ3n) is 4.25. The summed E-state index contributed by atoms with van der Waals surface area (Å²) in [5, 5.41) is 10.2. The van der Waals surface area contributed by atoms with E-state index in [1.807, 2.05) is 18.2 Å². The zero-order valence-corrected chi connectivity index (χ0v) is 15.6. The molecule has 3 N–H and O–H groups in total. The second-order valence-electron chi connectivity index (χ2n) is 6.08. The maximum atomic E-state index is 11.9. The molecule has 0 saturated carbocycles. The van der Waals surface area contributed by atoms with Crippen molar-refractivity contribution in [1.29, 1.82) is 0 Å². The van der Waals surface area contributed by atoms with Crippen molar-refractivity contribution < 1.29 is 23.0 Å². The first kappa shape index (κ1) is 21.2. The van der Waals surface area contributed by atoms with Gasteiger partial charge < -0.3 is 20.3 Å². The van der Waals surface area contributed by atoms with Crippen LogP contribution in [0.25, 0.3) is 0 Å². The SMILES string of the molecule is COCCc1cc(C[C@@H]2CS(=O)(=O)C[C@H](N)[C@H]2O)ccc1OC.Cl. The summed E-state index contributed by atoms with van der Waals surface area (Å²) in [6.45, 7) is 0.575. The highest BCUT2D eigenvalue weighted by atomic mass is 35.5. The van der Waals surface area contributed by atoms with E-state index in [9.17, 15) is 13.5 Å². The molecule has 1 saturated heterocycles. The molecule has 1 aromatic rings. The van der Waals surface area contributed by atoms with Crippen LogP contribution >= 0.6 is 12.4 Å². The van der Waals surface area contributed by atoms with E-state index in [4.69, 9.17) is 15.2 Å². The molecule has 0 bridgehead atoms. The fourth-order valence-electron chi connectivity index (χ4n) is 3.08. The number of hydrogen-bond acceptors (Lipinski definition) is 6. The molecular weight excluding hydrogens is 354 g/mol. The number of hydrogen-bond donors (Lipinski definition) is 2. The summed E-state index contributed by atoms with van der Waals surface area (Å²) in [5.41, 5.74) is 7.74. The highest BCUT2D eigenvalue weighted by Crippen LogP contribution is 2.26. The van der Waals surface area contributed by atoms with Crippen molar-refractivity contribution in [2.75, 3.05) is 32.3 Å². The lowest BCUT2D eigenvalue weighted by atomic mass is 9.91.